The monoisotopic (exact) mass is 324 g/mol. The Hall–Kier alpha value is -2.59. The second-order valence-electron chi connectivity index (χ2n) is 4.86. The fourth-order valence-electron chi connectivity index (χ4n) is 2.34. The van der Waals surface area contributed by atoms with Gasteiger partial charge in [0.2, 0.25) is 0 Å². The lowest BCUT2D eigenvalue weighted by atomic mass is 10.2. The van der Waals surface area contributed by atoms with Gasteiger partial charge in [-0.15, -0.1) is 0 Å². The first-order valence-corrected chi connectivity index (χ1v) is 8.24. The van der Waals surface area contributed by atoms with Crippen molar-refractivity contribution in [3.05, 3.63) is 90.2 Å². The van der Waals surface area contributed by atoms with Crippen LogP contribution in [-0.4, -0.2) is 5.97 Å². The highest BCUT2D eigenvalue weighted by atomic mass is 32.2. The molecule has 0 fully saturated rings. The van der Waals surface area contributed by atoms with Crippen molar-refractivity contribution in [2.45, 2.75) is 14.7 Å². The molecule has 0 amide bonds. The molecule has 0 saturated carbocycles. The zero-order valence-electron chi connectivity index (χ0n) is 12.1. The van der Waals surface area contributed by atoms with Gasteiger partial charge >= 0.3 is 0 Å². The number of aromatic carboxylic acids is 1. The van der Waals surface area contributed by atoms with Gasteiger partial charge in [-0.25, -0.2) is 4.39 Å². The molecule has 0 bridgehead atoms. The number of carboxylic acid groups (broad SMARTS) is 1. The zero-order chi connectivity index (χ0) is 16.2. The summed E-state index contributed by atoms with van der Waals surface area (Å²) < 4.78 is 13.8. The molecule has 4 heteroatoms. The van der Waals surface area contributed by atoms with E-state index in [1.165, 1.54) is 12.1 Å². The molecule has 0 heterocycles. The van der Waals surface area contributed by atoms with Gasteiger partial charge in [0.25, 0.3) is 0 Å². The number of hydrogen-bond acceptors (Lipinski definition) is 2. The maximum absolute atomic E-state index is 13.8. The molecule has 0 aromatic heterocycles. The Balaban J connectivity index is 2.25. The smallest absolute Gasteiger partial charge is 0.178 e. The third kappa shape index (κ3) is 3.27. The molecule has 0 aliphatic heterocycles. The number of hydrogen-bond donors (Lipinski definition) is 0. The lowest BCUT2D eigenvalue weighted by Gasteiger charge is -2.12. The minimum absolute atomic E-state index is 0.0161. The summed E-state index contributed by atoms with van der Waals surface area (Å²) in [5.74, 6) is -1.77. The molecule has 0 atom stereocenters. The molecule has 0 radical (unpaired) electrons. The summed E-state index contributed by atoms with van der Waals surface area (Å²) in [4.78, 5) is 13.7. The van der Waals surface area contributed by atoms with Crippen molar-refractivity contribution < 1.29 is 14.3 Å². The van der Waals surface area contributed by atoms with Gasteiger partial charge in [0, 0.05) is 6.07 Å². The summed E-state index contributed by atoms with van der Waals surface area (Å²) in [6.07, 6.45) is 0. The van der Waals surface area contributed by atoms with Crippen LogP contribution in [0.4, 0.5) is 4.39 Å². The summed E-state index contributed by atoms with van der Waals surface area (Å²) >= 11 is 0. The molecule has 3 rings (SSSR count). The number of carbonyl (C=O) groups excluding carboxylic acids is 1. The van der Waals surface area contributed by atoms with Crippen LogP contribution in [-0.2, 0) is 10.9 Å². The number of carboxylic acids is 1. The first-order valence-electron chi connectivity index (χ1n) is 7.02. The summed E-state index contributed by atoms with van der Waals surface area (Å²) in [7, 11) is -0.718. The van der Waals surface area contributed by atoms with Crippen LogP contribution in [0.25, 0.3) is 0 Å². The van der Waals surface area contributed by atoms with Crippen LogP contribution in [0.15, 0.2) is 93.5 Å². The van der Waals surface area contributed by atoms with Crippen molar-refractivity contribution in [2.24, 2.45) is 0 Å². The van der Waals surface area contributed by atoms with E-state index in [1.807, 2.05) is 60.7 Å². The highest BCUT2D eigenvalue weighted by molar-refractivity contribution is 7.97. The van der Waals surface area contributed by atoms with Gasteiger partial charge in [-0.05, 0) is 36.4 Å². The molecular formula is C19H13FO2S. The molecule has 0 spiro atoms. The van der Waals surface area contributed by atoms with Crippen molar-refractivity contribution in [3.63, 3.8) is 0 Å². The SMILES string of the molecule is O=C([O-])c1ccc(F)cc1[S+](c1ccccc1)c1ccccc1. The van der Waals surface area contributed by atoms with E-state index >= 15 is 0 Å². The first kappa shape index (κ1) is 15.3. The van der Waals surface area contributed by atoms with Gasteiger partial charge in [0.15, 0.2) is 14.7 Å². The van der Waals surface area contributed by atoms with Crippen molar-refractivity contribution in [1.82, 2.24) is 0 Å². The largest absolute Gasteiger partial charge is 0.545 e. The maximum Gasteiger partial charge on any atom is 0.178 e. The van der Waals surface area contributed by atoms with Crippen molar-refractivity contribution in [2.75, 3.05) is 0 Å². The number of carbonyl (C=O) groups is 1. The zero-order valence-corrected chi connectivity index (χ0v) is 12.9. The van der Waals surface area contributed by atoms with Gasteiger partial charge in [-0.2, -0.15) is 0 Å². The third-order valence-electron chi connectivity index (χ3n) is 3.34. The fourth-order valence-corrected chi connectivity index (χ4v) is 4.58. The van der Waals surface area contributed by atoms with E-state index in [4.69, 9.17) is 0 Å². The normalized spacial score (nSPS) is 10.7. The van der Waals surface area contributed by atoms with Crippen LogP contribution in [0.2, 0.25) is 0 Å². The first-order chi connectivity index (χ1) is 11.2. The predicted octanol–water partition coefficient (Wildman–Crippen LogP) is 3.28. The lowest BCUT2D eigenvalue weighted by molar-refractivity contribution is -0.255. The molecule has 3 aromatic rings. The highest BCUT2D eigenvalue weighted by Gasteiger charge is 2.31. The molecule has 0 aliphatic carbocycles. The van der Waals surface area contributed by atoms with Gasteiger partial charge in [-0.1, -0.05) is 36.4 Å². The van der Waals surface area contributed by atoms with Gasteiger partial charge in [0.1, 0.15) is 16.7 Å². The average molecular weight is 324 g/mol. The molecule has 2 nitrogen and oxygen atoms in total. The fraction of sp³-hybridized carbons (Fsp3) is 0. The van der Waals surface area contributed by atoms with Crippen LogP contribution in [0, 0.1) is 5.82 Å². The summed E-state index contributed by atoms with van der Waals surface area (Å²) in [5.41, 5.74) is 0.0161. The second-order valence-corrected chi connectivity index (χ2v) is 6.86. The Labute approximate surface area is 136 Å². The van der Waals surface area contributed by atoms with Crippen LogP contribution in [0.1, 0.15) is 10.4 Å². The maximum atomic E-state index is 13.8. The van der Waals surface area contributed by atoms with Crippen LogP contribution >= 0.6 is 0 Å². The molecule has 0 N–H and O–H groups in total. The Morgan fingerprint density at radius 3 is 1.83 bits per heavy atom. The van der Waals surface area contributed by atoms with Crippen LogP contribution in [0.5, 0.6) is 0 Å². The third-order valence-corrected chi connectivity index (χ3v) is 5.61. The minimum Gasteiger partial charge on any atom is -0.545 e. The molecule has 0 unspecified atom stereocenters. The summed E-state index contributed by atoms with van der Waals surface area (Å²) in [6.45, 7) is 0. The van der Waals surface area contributed by atoms with Crippen molar-refractivity contribution in [3.8, 4) is 0 Å². The van der Waals surface area contributed by atoms with E-state index < -0.39 is 22.7 Å². The Kier molecular flexibility index (Phi) is 4.44. The summed E-state index contributed by atoms with van der Waals surface area (Å²) in [5, 5.41) is 11.5. The van der Waals surface area contributed by atoms with E-state index in [0.717, 1.165) is 15.9 Å². The van der Waals surface area contributed by atoms with E-state index in [-0.39, 0.29) is 5.56 Å². The number of benzene rings is 3. The Bertz CT molecular complexity index is 780. The highest BCUT2D eigenvalue weighted by Crippen LogP contribution is 2.33. The van der Waals surface area contributed by atoms with E-state index in [1.54, 1.807) is 0 Å². The van der Waals surface area contributed by atoms with Crippen LogP contribution in [0.3, 0.4) is 0 Å². The molecule has 0 saturated heterocycles. The lowest BCUT2D eigenvalue weighted by Crippen LogP contribution is -2.25. The predicted molar refractivity (Wildman–Crippen MR) is 85.8 cm³/mol. The van der Waals surface area contributed by atoms with Crippen LogP contribution < -0.4 is 5.11 Å². The van der Waals surface area contributed by atoms with Gasteiger partial charge in [-0.3, -0.25) is 0 Å². The van der Waals surface area contributed by atoms with Crippen molar-refractivity contribution >= 4 is 16.9 Å². The second kappa shape index (κ2) is 6.67. The molecule has 114 valence electrons. The summed E-state index contributed by atoms with van der Waals surface area (Å²) in [6, 6.07) is 22.7. The Morgan fingerprint density at radius 1 is 0.826 bits per heavy atom. The topological polar surface area (TPSA) is 40.1 Å². The molecule has 3 aromatic carbocycles. The van der Waals surface area contributed by atoms with Crippen molar-refractivity contribution in [1.29, 1.82) is 0 Å². The quantitative estimate of drug-likeness (QED) is 0.691. The van der Waals surface area contributed by atoms with E-state index in [9.17, 15) is 14.3 Å². The van der Waals surface area contributed by atoms with E-state index in [0.29, 0.717) is 4.90 Å². The molecule has 23 heavy (non-hydrogen) atoms. The molecule has 0 aliphatic rings. The average Bonchev–Trinajstić information content (AvgIpc) is 2.57. The van der Waals surface area contributed by atoms with E-state index in [2.05, 4.69) is 0 Å². The standard InChI is InChI=1S/C19H13FO2S/c20-14-11-12-17(19(21)22)18(13-14)23(15-7-3-1-4-8-15)16-9-5-2-6-10-16/h1-13H. The number of halogens is 1. The number of rotatable bonds is 4. The van der Waals surface area contributed by atoms with Gasteiger partial charge in [0.05, 0.1) is 11.5 Å². The Morgan fingerprint density at radius 2 is 1.35 bits per heavy atom. The molecular weight excluding hydrogens is 311 g/mol. The van der Waals surface area contributed by atoms with Gasteiger partial charge < -0.3 is 9.90 Å². The minimum atomic E-state index is -1.30.